The predicted molar refractivity (Wildman–Crippen MR) is 117 cm³/mol. The van der Waals surface area contributed by atoms with Crippen molar-refractivity contribution in [1.29, 1.82) is 0 Å². The number of pyridine rings is 1. The van der Waals surface area contributed by atoms with E-state index in [1.54, 1.807) is 11.0 Å². The molecule has 34 heavy (non-hydrogen) atoms. The van der Waals surface area contributed by atoms with E-state index in [-0.39, 0.29) is 29.2 Å². The minimum Gasteiger partial charge on any atom is -0.385 e. The average Bonchev–Trinajstić information content (AvgIpc) is 3.17. The fourth-order valence-corrected chi connectivity index (χ4v) is 3.97. The van der Waals surface area contributed by atoms with Gasteiger partial charge in [-0.05, 0) is 26.3 Å². The van der Waals surface area contributed by atoms with E-state index >= 15 is 0 Å². The van der Waals surface area contributed by atoms with Gasteiger partial charge in [0.2, 0.25) is 5.95 Å². The van der Waals surface area contributed by atoms with E-state index in [1.807, 2.05) is 0 Å². The van der Waals surface area contributed by atoms with Crippen LogP contribution in [0.1, 0.15) is 38.2 Å². The van der Waals surface area contributed by atoms with Crippen LogP contribution in [0.25, 0.3) is 11.0 Å². The molecule has 4 atom stereocenters. The minimum atomic E-state index is -4.54. The second-order valence-corrected chi connectivity index (χ2v) is 8.18. The van der Waals surface area contributed by atoms with Crippen LogP contribution in [0.15, 0.2) is 24.5 Å². The summed E-state index contributed by atoms with van der Waals surface area (Å²) < 4.78 is 60.9. The molecule has 13 heteroatoms. The number of aliphatic hydroxyl groups excluding tert-OH is 1. The van der Waals surface area contributed by atoms with Crippen LogP contribution in [0.5, 0.6) is 0 Å². The SMILES string of the molecule is CO[C@H]1CCN(c2nccc(Nc3cc4c(cn3)nc(C(C)O)n4C(C)C(F)(F)F)n2)C[C@H]1F. The fourth-order valence-electron chi connectivity index (χ4n) is 3.97. The molecule has 0 amide bonds. The lowest BCUT2D eigenvalue weighted by atomic mass is 10.1. The summed E-state index contributed by atoms with van der Waals surface area (Å²) in [5.41, 5.74) is 0.380. The number of imidazole rings is 1. The number of piperidine rings is 1. The zero-order chi connectivity index (χ0) is 24.6. The second kappa shape index (κ2) is 9.29. The standard InChI is InChI=1S/C21H25F4N7O2/c1-11(33)19-28-14-9-27-18(8-15(14)32(19)12(2)21(23,24)25)29-17-4-6-26-20(30-17)31-7-5-16(34-3)13(22)10-31/h4,6,8-9,11-13,16,33H,5,7,10H2,1-3H3,(H,26,27,29,30)/t11?,12?,13-,16+/m1/s1. The van der Waals surface area contributed by atoms with Crippen molar-refractivity contribution in [1.82, 2.24) is 24.5 Å². The first-order valence-electron chi connectivity index (χ1n) is 10.7. The summed E-state index contributed by atoms with van der Waals surface area (Å²) in [6, 6.07) is 1.08. The smallest absolute Gasteiger partial charge is 0.385 e. The molecular weight excluding hydrogens is 458 g/mol. The van der Waals surface area contributed by atoms with Gasteiger partial charge in [0.25, 0.3) is 0 Å². The maximum atomic E-state index is 14.3. The third kappa shape index (κ3) is 4.75. The van der Waals surface area contributed by atoms with Crippen LogP contribution in [-0.2, 0) is 4.74 Å². The summed E-state index contributed by atoms with van der Waals surface area (Å²) in [7, 11) is 1.48. The van der Waals surface area contributed by atoms with Gasteiger partial charge >= 0.3 is 6.18 Å². The van der Waals surface area contributed by atoms with Crippen LogP contribution < -0.4 is 10.2 Å². The molecule has 0 aromatic carbocycles. The van der Waals surface area contributed by atoms with Gasteiger partial charge in [0.1, 0.15) is 41.3 Å². The van der Waals surface area contributed by atoms with E-state index < -0.39 is 30.6 Å². The Kier molecular flexibility index (Phi) is 6.58. The quantitative estimate of drug-likeness (QED) is 0.512. The van der Waals surface area contributed by atoms with Gasteiger partial charge in [-0.3, -0.25) is 0 Å². The van der Waals surface area contributed by atoms with E-state index in [0.29, 0.717) is 24.7 Å². The summed E-state index contributed by atoms with van der Waals surface area (Å²) in [6.07, 6.45) is -4.08. The topological polar surface area (TPSA) is 101 Å². The highest BCUT2D eigenvalue weighted by Crippen LogP contribution is 2.36. The number of fused-ring (bicyclic) bond motifs is 1. The number of ether oxygens (including phenoxy) is 1. The Morgan fingerprint density at radius 3 is 2.62 bits per heavy atom. The Morgan fingerprint density at radius 1 is 1.21 bits per heavy atom. The molecule has 2 N–H and O–H groups in total. The zero-order valence-corrected chi connectivity index (χ0v) is 18.8. The van der Waals surface area contributed by atoms with Crippen LogP contribution in [-0.4, -0.2) is 68.3 Å². The predicted octanol–water partition coefficient (Wildman–Crippen LogP) is 3.70. The molecule has 2 unspecified atom stereocenters. The highest BCUT2D eigenvalue weighted by Gasteiger charge is 2.40. The Labute approximate surface area is 192 Å². The lowest BCUT2D eigenvalue weighted by Gasteiger charge is -2.33. The Bertz CT molecular complexity index is 1150. The molecule has 1 aliphatic heterocycles. The number of aromatic nitrogens is 5. The molecule has 9 nitrogen and oxygen atoms in total. The van der Waals surface area contributed by atoms with E-state index in [2.05, 4.69) is 25.3 Å². The van der Waals surface area contributed by atoms with Gasteiger partial charge in [-0.15, -0.1) is 0 Å². The first-order chi connectivity index (χ1) is 16.1. The molecular formula is C21H25F4N7O2. The lowest BCUT2D eigenvalue weighted by molar-refractivity contribution is -0.163. The van der Waals surface area contributed by atoms with Crippen LogP contribution in [0, 0.1) is 0 Å². The zero-order valence-electron chi connectivity index (χ0n) is 18.8. The molecule has 3 aromatic heterocycles. The third-order valence-corrected chi connectivity index (χ3v) is 5.80. The first kappa shape index (κ1) is 24.1. The van der Waals surface area contributed by atoms with Crippen LogP contribution in [0.4, 0.5) is 35.1 Å². The second-order valence-electron chi connectivity index (χ2n) is 8.18. The van der Waals surface area contributed by atoms with Crippen molar-refractivity contribution in [2.45, 2.75) is 50.9 Å². The average molecular weight is 483 g/mol. The van der Waals surface area contributed by atoms with Crippen molar-refractivity contribution in [3.05, 3.63) is 30.4 Å². The van der Waals surface area contributed by atoms with Gasteiger partial charge in [-0.2, -0.15) is 18.2 Å². The molecule has 1 aliphatic rings. The maximum absolute atomic E-state index is 14.3. The number of rotatable bonds is 6. The molecule has 4 heterocycles. The lowest BCUT2D eigenvalue weighted by Crippen LogP contribution is -2.46. The number of hydrogen-bond acceptors (Lipinski definition) is 8. The largest absolute Gasteiger partial charge is 0.408 e. The third-order valence-electron chi connectivity index (χ3n) is 5.80. The van der Waals surface area contributed by atoms with E-state index in [1.165, 1.54) is 32.5 Å². The van der Waals surface area contributed by atoms with Gasteiger partial charge in [0.15, 0.2) is 0 Å². The van der Waals surface area contributed by atoms with Crippen molar-refractivity contribution in [2.24, 2.45) is 0 Å². The highest BCUT2D eigenvalue weighted by atomic mass is 19.4. The van der Waals surface area contributed by atoms with Gasteiger partial charge in [-0.25, -0.2) is 19.3 Å². The van der Waals surface area contributed by atoms with Crippen molar-refractivity contribution in [3.63, 3.8) is 0 Å². The van der Waals surface area contributed by atoms with Gasteiger partial charge in [-0.1, -0.05) is 0 Å². The molecule has 1 saturated heterocycles. The number of halogens is 4. The number of methoxy groups -OCH3 is 1. The number of aliphatic hydroxyl groups is 1. The van der Waals surface area contributed by atoms with Crippen molar-refractivity contribution in [2.75, 3.05) is 30.4 Å². The number of nitrogens with zero attached hydrogens (tertiary/aromatic N) is 6. The molecule has 0 spiro atoms. The van der Waals surface area contributed by atoms with Gasteiger partial charge < -0.3 is 24.6 Å². The Hall–Kier alpha value is -3.06. The fraction of sp³-hybridized carbons (Fsp3) is 0.524. The van der Waals surface area contributed by atoms with E-state index in [4.69, 9.17) is 4.74 Å². The summed E-state index contributed by atoms with van der Waals surface area (Å²) in [6.45, 7) is 2.96. The molecule has 1 fully saturated rings. The summed E-state index contributed by atoms with van der Waals surface area (Å²) in [5.74, 6) is 0.775. The molecule has 0 radical (unpaired) electrons. The summed E-state index contributed by atoms with van der Waals surface area (Å²) >= 11 is 0. The van der Waals surface area contributed by atoms with E-state index in [0.717, 1.165) is 11.5 Å². The molecule has 184 valence electrons. The normalized spacial score (nSPS) is 21.0. The Balaban J connectivity index is 1.62. The van der Waals surface area contributed by atoms with Crippen molar-refractivity contribution < 1.29 is 27.4 Å². The maximum Gasteiger partial charge on any atom is 0.408 e. The highest BCUT2D eigenvalue weighted by molar-refractivity contribution is 5.79. The number of alkyl halides is 4. The molecule has 0 aliphatic carbocycles. The summed E-state index contributed by atoms with van der Waals surface area (Å²) in [5, 5.41) is 12.9. The van der Waals surface area contributed by atoms with Crippen LogP contribution in [0.2, 0.25) is 0 Å². The Morgan fingerprint density at radius 2 is 1.97 bits per heavy atom. The van der Waals surface area contributed by atoms with Gasteiger partial charge in [0, 0.05) is 25.9 Å². The number of nitrogens with one attached hydrogen (secondary N) is 1. The molecule has 0 bridgehead atoms. The summed E-state index contributed by atoms with van der Waals surface area (Å²) in [4.78, 5) is 18.7. The molecule has 3 aromatic rings. The van der Waals surface area contributed by atoms with Crippen LogP contribution in [0.3, 0.4) is 0 Å². The number of anilines is 3. The minimum absolute atomic E-state index is 0.0861. The monoisotopic (exact) mass is 483 g/mol. The van der Waals surface area contributed by atoms with Crippen molar-refractivity contribution in [3.8, 4) is 0 Å². The molecule has 0 saturated carbocycles. The van der Waals surface area contributed by atoms with E-state index in [9.17, 15) is 22.7 Å². The van der Waals surface area contributed by atoms with Crippen molar-refractivity contribution >= 4 is 28.6 Å². The van der Waals surface area contributed by atoms with Crippen LogP contribution >= 0.6 is 0 Å². The number of hydrogen-bond donors (Lipinski definition) is 2. The first-order valence-corrected chi connectivity index (χ1v) is 10.7. The van der Waals surface area contributed by atoms with Gasteiger partial charge in [0.05, 0.1) is 24.4 Å². The molecule has 4 rings (SSSR count).